The zero-order chi connectivity index (χ0) is 15.2. The second kappa shape index (κ2) is 7.04. The minimum absolute atomic E-state index is 0.0159. The number of halogens is 1. The number of rotatable bonds is 5. The summed E-state index contributed by atoms with van der Waals surface area (Å²) < 4.78 is 5.61. The number of nitrogens with zero attached hydrogens (tertiary/aromatic N) is 2. The predicted octanol–water partition coefficient (Wildman–Crippen LogP) is 2.85. The largest absolute Gasteiger partial charge is 0.475 e. The number of aromatic nitrogens is 2. The molecule has 0 aliphatic carbocycles. The Bertz CT molecular complexity index is 632. The van der Waals surface area contributed by atoms with E-state index in [1.54, 1.807) is 24.4 Å². The molecule has 0 saturated carbocycles. The quantitative estimate of drug-likeness (QED) is 0.863. The van der Waals surface area contributed by atoms with Crippen molar-refractivity contribution in [3.8, 4) is 5.88 Å². The molecule has 21 heavy (non-hydrogen) atoms. The summed E-state index contributed by atoms with van der Waals surface area (Å²) in [5.74, 6) is 0.234. The summed E-state index contributed by atoms with van der Waals surface area (Å²) in [6, 6.07) is 6.94. The fourth-order valence-electron chi connectivity index (χ4n) is 1.71. The Morgan fingerprint density at radius 3 is 2.71 bits per heavy atom. The molecule has 0 aliphatic rings. The molecular weight excluding hydrogens is 290 g/mol. The van der Waals surface area contributed by atoms with Gasteiger partial charge in [0, 0.05) is 24.5 Å². The number of carbonyl (C=O) groups is 1. The van der Waals surface area contributed by atoms with E-state index < -0.39 is 0 Å². The van der Waals surface area contributed by atoms with Crippen LogP contribution in [0, 0.1) is 0 Å². The van der Waals surface area contributed by atoms with Crippen molar-refractivity contribution < 1.29 is 9.53 Å². The highest BCUT2D eigenvalue weighted by Gasteiger charge is 2.12. The Balaban J connectivity index is 2.07. The fraction of sp³-hybridized carbons (Fsp3) is 0.267. The molecular formula is C15H16ClN3O2. The number of hydrogen-bond acceptors (Lipinski definition) is 4. The van der Waals surface area contributed by atoms with Crippen molar-refractivity contribution in [2.45, 2.75) is 26.5 Å². The SMILES string of the molecule is CC(C)Oc1ncccc1CNC(=O)c1cccnc1Cl. The highest BCUT2D eigenvalue weighted by atomic mass is 35.5. The molecule has 0 atom stereocenters. The first kappa shape index (κ1) is 15.3. The molecule has 0 aromatic carbocycles. The summed E-state index contributed by atoms with van der Waals surface area (Å²) in [5, 5.41) is 2.97. The fourth-order valence-corrected chi connectivity index (χ4v) is 1.92. The van der Waals surface area contributed by atoms with Crippen molar-refractivity contribution in [3.05, 3.63) is 52.9 Å². The first-order chi connectivity index (χ1) is 10.1. The van der Waals surface area contributed by atoms with Crippen LogP contribution in [0.15, 0.2) is 36.7 Å². The van der Waals surface area contributed by atoms with Gasteiger partial charge in [-0.05, 0) is 32.0 Å². The van der Waals surface area contributed by atoms with E-state index in [4.69, 9.17) is 16.3 Å². The Hall–Kier alpha value is -2.14. The molecule has 0 unspecified atom stereocenters. The molecule has 2 aromatic rings. The molecule has 0 saturated heterocycles. The van der Waals surface area contributed by atoms with Gasteiger partial charge >= 0.3 is 0 Å². The lowest BCUT2D eigenvalue weighted by atomic mass is 10.2. The molecule has 6 heteroatoms. The number of nitrogens with one attached hydrogen (secondary N) is 1. The van der Waals surface area contributed by atoms with Crippen molar-refractivity contribution in [2.24, 2.45) is 0 Å². The molecule has 0 spiro atoms. The average molecular weight is 306 g/mol. The number of ether oxygens (including phenoxy) is 1. The molecule has 1 amide bonds. The Morgan fingerprint density at radius 2 is 2.00 bits per heavy atom. The maximum Gasteiger partial charge on any atom is 0.254 e. The molecule has 2 rings (SSSR count). The predicted molar refractivity (Wildman–Crippen MR) is 80.4 cm³/mol. The van der Waals surface area contributed by atoms with Gasteiger partial charge in [-0.1, -0.05) is 17.7 Å². The van der Waals surface area contributed by atoms with Gasteiger partial charge in [-0.2, -0.15) is 0 Å². The molecule has 110 valence electrons. The lowest BCUT2D eigenvalue weighted by Gasteiger charge is -2.13. The van der Waals surface area contributed by atoms with Crippen LogP contribution in [-0.2, 0) is 6.54 Å². The zero-order valence-corrected chi connectivity index (χ0v) is 12.6. The monoisotopic (exact) mass is 305 g/mol. The zero-order valence-electron chi connectivity index (χ0n) is 11.8. The summed E-state index contributed by atoms with van der Waals surface area (Å²) >= 11 is 5.89. The molecule has 2 heterocycles. The van der Waals surface area contributed by atoms with Crippen LogP contribution in [-0.4, -0.2) is 22.0 Å². The highest BCUT2D eigenvalue weighted by molar-refractivity contribution is 6.32. The van der Waals surface area contributed by atoms with Gasteiger partial charge < -0.3 is 10.1 Å². The van der Waals surface area contributed by atoms with E-state index in [0.717, 1.165) is 5.56 Å². The van der Waals surface area contributed by atoms with Crippen molar-refractivity contribution in [1.29, 1.82) is 0 Å². The first-order valence-electron chi connectivity index (χ1n) is 6.57. The summed E-state index contributed by atoms with van der Waals surface area (Å²) in [6.07, 6.45) is 3.21. The molecule has 1 N–H and O–H groups in total. The third-order valence-corrected chi connectivity index (χ3v) is 2.94. The molecule has 5 nitrogen and oxygen atoms in total. The van der Waals surface area contributed by atoms with E-state index in [2.05, 4.69) is 15.3 Å². The standard InChI is InChI=1S/C15H16ClN3O2/c1-10(2)21-15-11(5-3-8-18-15)9-19-14(20)12-6-4-7-17-13(12)16/h3-8,10H,9H2,1-2H3,(H,19,20). The van der Waals surface area contributed by atoms with Gasteiger partial charge in [0.25, 0.3) is 5.91 Å². The van der Waals surface area contributed by atoms with Crippen LogP contribution in [0.25, 0.3) is 0 Å². The van der Waals surface area contributed by atoms with Crippen LogP contribution >= 0.6 is 11.6 Å². The smallest absolute Gasteiger partial charge is 0.254 e. The van der Waals surface area contributed by atoms with Gasteiger partial charge in [0.1, 0.15) is 5.15 Å². The van der Waals surface area contributed by atoms with Gasteiger partial charge in [-0.25, -0.2) is 9.97 Å². The Morgan fingerprint density at radius 1 is 1.29 bits per heavy atom. The van der Waals surface area contributed by atoms with Crippen molar-refractivity contribution in [2.75, 3.05) is 0 Å². The van der Waals surface area contributed by atoms with E-state index in [-0.39, 0.29) is 17.2 Å². The molecule has 0 aliphatic heterocycles. The van der Waals surface area contributed by atoms with Gasteiger partial charge in [0.05, 0.1) is 11.7 Å². The van der Waals surface area contributed by atoms with E-state index >= 15 is 0 Å². The summed E-state index contributed by atoms with van der Waals surface area (Å²) in [7, 11) is 0. The Kier molecular flexibility index (Phi) is 5.11. The van der Waals surface area contributed by atoms with Crippen molar-refractivity contribution in [1.82, 2.24) is 15.3 Å². The van der Waals surface area contributed by atoms with Crippen LogP contribution in [0.1, 0.15) is 29.8 Å². The van der Waals surface area contributed by atoms with Crippen LogP contribution in [0.4, 0.5) is 0 Å². The summed E-state index contributed by atoms with van der Waals surface area (Å²) in [5.41, 5.74) is 1.15. The van der Waals surface area contributed by atoms with Crippen LogP contribution in [0.3, 0.4) is 0 Å². The number of hydrogen-bond donors (Lipinski definition) is 1. The average Bonchev–Trinajstić information content (AvgIpc) is 2.46. The van der Waals surface area contributed by atoms with Crippen molar-refractivity contribution in [3.63, 3.8) is 0 Å². The van der Waals surface area contributed by atoms with Crippen LogP contribution in [0.2, 0.25) is 5.15 Å². The van der Waals surface area contributed by atoms with Crippen LogP contribution in [0.5, 0.6) is 5.88 Å². The van der Waals surface area contributed by atoms with Gasteiger partial charge in [-0.3, -0.25) is 4.79 Å². The third kappa shape index (κ3) is 4.16. The second-order valence-corrected chi connectivity index (χ2v) is 5.02. The van der Waals surface area contributed by atoms with E-state index in [1.165, 1.54) is 6.20 Å². The lowest BCUT2D eigenvalue weighted by molar-refractivity contribution is 0.0950. The maximum absolute atomic E-state index is 12.1. The highest BCUT2D eigenvalue weighted by Crippen LogP contribution is 2.16. The minimum atomic E-state index is -0.285. The molecule has 0 bridgehead atoms. The Labute approximate surface area is 128 Å². The summed E-state index contributed by atoms with van der Waals surface area (Å²) in [6.45, 7) is 4.15. The third-order valence-electron chi connectivity index (χ3n) is 2.64. The second-order valence-electron chi connectivity index (χ2n) is 4.66. The lowest BCUT2D eigenvalue weighted by Crippen LogP contribution is -2.24. The molecule has 0 fully saturated rings. The minimum Gasteiger partial charge on any atom is -0.475 e. The number of pyridine rings is 2. The number of carbonyl (C=O) groups excluding carboxylic acids is 1. The van der Waals surface area contributed by atoms with Gasteiger partial charge in [0.15, 0.2) is 0 Å². The van der Waals surface area contributed by atoms with Crippen molar-refractivity contribution >= 4 is 17.5 Å². The molecule has 2 aromatic heterocycles. The van der Waals surface area contributed by atoms with Crippen LogP contribution < -0.4 is 10.1 Å². The van der Waals surface area contributed by atoms with E-state index in [0.29, 0.717) is 18.0 Å². The van der Waals surface area contributed by atoms with Gasteiger partial charge in [-0.15, -0.1) is 0 Å². The van der Waals surface area contributed by atoms with E-state index in [9.17, 15) is 4.79 Å². The maximum atomic E-state index is 12.1. The number of amides is 1. The molecule has 0 radical (unpaired) electrons. The van der Waals surface area contributed by atoms with E-state index in [1.807, 2.05) is 19.9 Å². The topological polar surface area (TPSA) is 64.1 Å². The summed E-state index contributed by atoms with van der Waals surface area (Å²) in [4.78, 5) is 20.1. The normalized spacial score (nSPS) is 10.5. The van der Waals surface area contributed by atoms with Gasteiger partial charge in [0.2, 0.25) is 5.88 Å². The first-order valence-corrected chi connectivity index (χ1v) is 6.95.